The highest BCUT2D eigenvalue weighted by molar-refractivity contribution is 9.10. The monoisotopic (exact) mass is 404 g/mol. The summed E-state index contributed by atoms with van der Waals surface area (Å²) in [6.07, 6.45) is 0. The summed E-state index contributed by atoms with van der Waals surface area (Å²) >= 11 is 3.17. The number of rotatable bonds is 4. The molecule has 1 aromatic heterocycles. The van der Waals surface area contributed by atoms with Gasteiger partial charge in [-0.3, -0.25) is 4.79 Å². The number of aromatic nitrogens is 1. The van der Waals surface area contributed by atoms with E-state index in [0.717, 1.165) is 0 Å². The summed E-state index contributed by atoms with van der Waals surface area (Å²) in [4.78, 5) is 23.5. The molecule has 3 rings (SSSR count). The number of hydrogen-bond donors (Lipinski definition) is 2. The summed E-state index contributed by atoms with van der Waals surface area (Å²) in [5.41, 5.74) is 0.0955. The first kappa shape index (κ1) is 16.8. The molecule has 1 amide bonds. The Labute approximate surface area is 149 Å². The van der Waals surface area contributed by atoms with Crippen LogP contribution < -0.4 is 5.32 Å². The average molecular weight is 405 g/mol. The molecule has 0 aliphatic rings. The van der Waals surface area contributed by atoms with E-state index >= 15 is 0 Å². The van der Waals surface area contributed by atoms with Crippen LogP contribution in [-0.4, -0.2) is 22.1 Å². The second kappa shape index (κ2) is 6.86. The van der Waals surface area contributed by atoms with Crippen LogP contribution in [0, 0.1) is 5.82 Å². The number of halogens is 2. The maximum absolute atomic E-state index is 13.8. The molecule has 0 atom stereocenters. The molecule has 0 aliphatic heterocycles. The van der Waals surface area contributed by atoms with E-state index in [4.69, 9.17) is 4.52 Å². The third kappa shape index (κ3) is 3.58. The van der Waals surface area contributed by atoms with Gasteiger partial charge in [0.2, 0.25) is 0 Å². The van der Waals surface area contributed by atoms with Crippen molar-refractivity contribution in [1.82, 2.24) is 5.16 Å². The minimum atomic E-state index is -1.19. The van der Waals surface area contributed by atoms with Crippen molar-refractivity contribution in [3.8, 4) is 11.3 Å². The average Bonchev–Trinajstić information content (AvgIpc) is 3.06. The molecule has 0 fully saturated rings. The molecule has 0 unspecified atom stereocenters. The number of benzene rings is 2. The van der Waals surface area contributed by atoms with Crippen molar-refractivity contribution in [3.05, 3.63) is 70.1 Å². The normalized spacial score (nSPS) is 10.5. The Morgan fingerprint density at radius 1 is 1.16 bits per heavy atom. The number of anilines is 1. The van der Waals surface area contributed by atoms with Gasteiger partial charge in [-0.1, -0.05) is 33.2 Å². The lowest BCUT2D eigenvalue weighted by Crippen LogP contribution is -2.15. The molecule has 0 saturated carbocycles. The lowest BCUT2D eigenvalue weighted by molar-refractivity contribution is 0.0698. The molecule has 126 valence electrons. The van der Waals surface area contributed by atoms with E-state index in [-0.39, 0.29) is 28.3 Å². The summed E-state index contributed by atoms with van der Waals surface area (Å²) < 4.78 is 19.3. The number of carbonyl (C=O) groups excluding carboxylic acids is 1. The smallest absolute Gasteiger partial charge is 0.337 e. The van der Waals surface area contributed by atoms with E-state index in [1.165, 1.54) is 36.4 Å². The quantitative estimate of drug-likeness (QED) is 0.679. The van der Waals surface area contributed by atoms with Gasteiger partial charge in [-0.05, 0) is 30.3 Å². The molecule has 1 heterocycles. The highest BCUT2D eigenvalue weighted by Gasteiger charge is 2.18. The van der Waals surface area contributed by atoms with Crippen LogP contribution in [0.5, 0.6) is 0 Å². The van der Waals surface area contributed by atoms with Gasteiger partial charge in [0.1, 0.15) is 5.82 Å². The number of carboxylic acids is 1. The maximum Gasteiger partial charge on any atom is 0.337 e. The zero-order valence-corrected chi connectivity index (χ0v) is 14.1. The van der Waals surface area contributed by atoms with E-state index < -0.39 is 17.7 Å². The summed E-state index contributed by atoms with van der Waals surface area (Å²) in [6.45, 7) is 0. The van der Waals surface area contributed by atoms with Crippen molar-refractivity contribution in [3.63, 3.8) is 0 Å². The van der Waals surface area contributed by atoms with Crippen LogP contribution in [0.2, 0.25) is 0 Å². The molecule has 0 radical (unpaired) electrons. The van der Waals surface area contributed by atoms with Gasteiger partial charge in [0.15, 0.2) is 11.5 Å². The zero-order chi connectivity index (χ0) is 18.0. The first-order valence-corrected chi connectivity index (χ1v) is 7.81. The van der Waals surface area contributed by atoms with Crippen molar-refractivity contribution >= 4 is 33.5 Å². The largest absolute Gasteiger partial charge is 0.478 e. The van der Waals surface area contributed by atoms with E-state index in [2.05, 4.69) is 26.4 Å². The predicted molar refractivity (Wildman–Crippen MR) is 91.0 cm³/mol. The number of hydrogen-bond acceptors (Lipinski definition) is 4. The van der Waals surface area contributed by atoms with Gasteiger partial charge in [0, 0.05) is 10.5 Å². The van der Waals surface area contributed by atoms with Crippen LogP contribution in [0.15, 0.2) is 57.5 Å². The SMILES string of the molecule is O=C(Nc1ccc(Br)cc1C(=O)O)c1cc(-c2ccccc2F)on1. The van der Waals surface area contributed by atoms with Crippen molar-refractivity contribution < 1.29 is 23.6 Å². The first-order chi connectivity index (χ1) is 12.0. The van der Waals surface area contributed by atoms with Crippen molar-refractivity contribution in [1.29, 1.82) is 0 Å². The third-order valence-electron chi connectivity index (χ3n) is 3.34. The number of aromatic carboxylic acids is 1. The van der Waals surface area contributed by atoms with Crippen LogP contribution in [0.3, 0.4) is 0 Å². The molecule has 2 aromatic carbocycles. The van der Waals surface area contributed by atoms with Crippen LogP contribution in [0.25, 0.3) is 11.3 Å². The number of amides is 1. The van der Waals surface area contributed by atoms with Crippen LogP contribution >= 0.6 is 15.9 Å². The lowest BCUT2D eigenvalue weighted by atomic mass is 10.1. The van der Waals surface area contributed by atoms with E-state index in [1.54, 1.807) is 12.1 Å². The van der Waals surface area contributed by atoms with Crippen molar-refractivity contribution in [2.75, 3.05) is 5.32 Å². The Morgan fingerprint density at radius 2 is 1.92 bits per heavy atom. The van der Waals surface area contributed by atoms with Gasteiger partial charge in [-0.25, -0.2) is 9.18 Å². The lowest BCUT2D eigenvalue weighted by Gasteiger charge is -2.07. The molecular weight excluding hydrogens is 395 g/mol. The molecule has 25 heavy (non-hydrogen) atoms. The first-order valence-electron chi connectivity index (χ1n) is 7.01. The van der Waals surface area contributed by atoms with Gasteiger partial charge in [0.05, 0.1) is 16.8 Å². The number of carbonyl (C=O) groups is 2. The Kier molecular flexibility index (Phi) is 4.62. The minimum Gasteiger partial charge on any atom is -0.478 e. The molecule has 8 heteroatoms. The van der Waals surface area contributed by atoms with Crippen LogP contribution in [0.4, 0.5) is 10.1 Å². The third-order valence-corrected chi connectivity index (χ3v) is 3.84. The van der Waals surface area contributed by atoms with Crippen LogP contribution in [0.1, 0.15) is 20.8 Å². The fourth-order valence-electron chi connectivity index (χ4n) is 2.16. The Balaban J connectivity index is 1.86. The number of nitrogens with zero attached hydrogens (tertiary/aromatic N) is 1. The molecule has 0 aliphatic carbocycles. The Bertz CT molecular complexity index is 971. The summed E-state index contributed by atoms with van der Waals surface area (Å²) in [6, 6.07) is 11.6. The maximum atomic E-state index is 13.8. The summed E-state index contributed by atoms with van der Waals surface area (Å²) in [5, 5.41) is 15.3. The van der Waals surface area contributed by atoms with Gasteiger partial charge < -0.3 is 14.9 Å². The second-order valence-electron chi connectivity index (χ2n) is 5.01. The second-order valence-corrected chi connectivity index (χ2v) is 5.92. The fraction of sp³-hybridized carbons (Fsp3) is 0. The van der Waals surface area contributed by atoms with Gasteiger partial charge >= 0.3 is 5.97 Å². The zero-order valence-electron chi connectivity index (χ0n) is 12.5. The minimum absolute atomic E-state index is 0.0828. The topological polar surface area (TPSA) is 92.4 Å². The van der Waals surface area contributed by atoms with E-state index in [0.29, 0.717) is 4.47 Å². The van der Waals surface area contributed by atoms with Gasteiger partial charge in [0.25, 0.3) is 5.91 Å². The predicted octanol–water partition coefficient (Wildman–Crippen LogP) is 4.19. The summed E-state index contributed by atoms with van der Waals surface area (Å²) in [5.74, 6) is -2.27. The Hall–Kier alpha value is -3.00. The molecule has 0 spiro atoms. The molecule has 0 bridgehead atoms. The Morgan fingerprint density at radius 3 is 2.64 bits per heavy atom. The van der Waals surface area contributed by atoms with Crippen molar-refractivity contribution in [2.24, 2.45) is 0 Å². The van der Waals surface area contributed by atoms with E-state index in [9.17, 15) is 19.1 Å². The fourth-order valence-corrected chi connectivity index (χ4v) is 2.52. The highest BCUT2D eigenvalue weighted by atomic mass is 79.9. The summed E-state index contributed by atoms with van der Waals surface area (Å²) in [7, 11) is 0. The van der Waals surface area contributed by atoms with Crippen molar-refractivity contribution in [2.45, 2.75) is 0 Å². The van der Waals surface area contributed by atoms with E-state index in [1.807, 2.05) is 0 Å². The van der Waals surface area contributed by atoms with Gasteiger partial charge in [-0.2, -0.15) is 0 Å². The van der Waals surface area contributed by atoms with Crippen LogP contribution in [-0.2, 0) is 0 Å². The highest BCUT2D eigenvalue weighted by Crippen LogP contribution is 2.25. The molecule has 3 aromatic rings. The number of nitrogens with one attached hydrogen (secondary N) is 1. The molecular formula is C17H10BrFN2O4. The van der Waals surface area contributed by atoms with Gasteiger partial charge in [-0.15, -0.1) is 0 Å². The molecule has 6 nitrogen and oxygen atoms in total. The molecule has 2 N–H and O–H groups in total. The molecule has 0 saturated heterocycles. The standard InChI is InChI=1S/C17H10BrFN2O4/c18-9-5-6-13(11(7-9)17(23)24)20-16(22)14-8-15(25-21-14)10-3-1-2-4-12(10)19/h1-8H,(H,20,22)(H,23,24). The number of carboxylic acid groups (broad SMARTS) is 1.